The minimum Gasteiger partial charge on any atom is -0.383 e. The van der Waals surface area contributed by atoms with Gasteiger partial charge in [0.25, 0.3) is 0 Å². The van der Waals surface area contributed by atoms with Gasteiger partial charge in [0.05, 0.1) is 21.8 Å². The van der Waals surface area contributed by atoms with Gasteiger partial charge < -0.3 is 21.9 Å². The van der Waals surface area contributed by atoms with Gasteiger partial charge in [0.1, 0.15) is 10.6 Å². The Kier molecular flexibility index (Phi) is 10.5. The number of anilines is 1. The summed E-state index contributed by atoms with van der Waals surface area (Å²) < 4.78 is 15.0. The molecule has 6 N–H and O–H groups in total. The molecule has 10 heteroatoms. The molecule has 0 spiro atoms. The Morgan fingerprint density at radius 3 is 2.32 bits per heavy atom. The molecular formula is C21H34FN5O2S2. The number of alkyl halides is 1. The quantitative estimate of drug-likeness (QED) is 0.344. The number of aliphatic hydroxyl groups is 1. The first kappa shape index (κ1) is 27.4. The van der Waals surface area contributed by atoms with Crippen molar-refractivity contribution in [2.45, 2.75) is 68.4 Å². The maximum Gasteiger partial charge on any atom is 0.211 e. The third kappa shape index (κ3) is 6.95. The molecule has 31 heavy (non-hydrogen) atoms. The molecule has 7 nitrogen and oxygen atoms in total. The molecule has 2 aromatic rings. The van der Waals surface area contributed by atoms with Crippen molar-refractivity contribution < 1.29 is 14.3 Å². The van der Waals surface area contributed by atoms with Crippen molar-refractivity contribution in [2.24, 2.45) is 11.5 Å². The summed E-state index contributed by atoms with van der Waals surface area (Å²) in [7, 11) is 3.00. The van der Waals surface area contributed by atoms with Gasteiger partial charge in [-0.15, -0.1) is 24.0 Å². The van der Waals surface area contributed by atoms with Crippen molar-refractivity contribution in [3.05, 3.63) is 33.7 Å². The number of hydrogen-bond acceptors (Lipinski definition) is 8. The van der Waals surface area contributed by atoms with Crippen LogP contribution in [-0.2, 0) is 28.9 Å². The largest absolute Gasteiger partial charge is 0.383 e. The SMILES string of the molecule is CC(C)(O)c1ncc(S)s1.CN.CN.Cc1c(C2(F)CC2)nc2c(c1NC=O)CCC2. The molecule has 2 aliphatic rings. The predicted molar refractivity (Wildman–Crippen MR) is 128 cm³/mol. The standard InChI is InChI=1S/C13H15FN2O.C6H9NOS2.2CH5N/c1-8-11(15-7-17)9-3-2-4-10(9)16-12(8)13(14)5-6-13;1-6(2,8)5-7-3-4(9)10-5;2*1-2/h7H,2-6H2,1H3,(H,15,16,17);3,8-9H,1-2H3;2*2H2,1H3. The van der Waals surface area contributed by atoms with E-state index in [1.807, 2.05) is 6.92 Å². The summed E-state index contributed by atoms with van der Waals surface area (Å²) in [4.78, 5) is 19.2. The zero-order valence-electron chi connectivity index (χ0n) is 18.8. The van der Waals surface area contributed by atoms with E-state index in [1.165, 1.54) is 25.4 Å². The van der Waals surface area contributed by atoms with Gasteiger partial charge in [0.2, 0.25) is 6.41 Å². The molecule has 0 saturated heterocycles. The van der Waals surface area contributed by atoms with E-state index >= 15 is 0 Å². The topological polar surface area (TPSA) is 127 Å². The molecule has 0 aliphatic heterocycles. The fraction of sp³-hybridized carbons (Fsp3) is 0.571. The number of pyridine rings is 1. The van der Waals surface area contributed by atoms with Gasteiger partial charge in [0, 0.05) is 5.69 Å². The van der Waals surface area contributed by atoms with Gasteiger partial charge in [-0.3, -0.25) is 9.78 Å². The first-order valence-corrected chi connectivity index (χ1v) is 11.4. The normalized spacial score (nSPS) is 15.2. The van der Waals surface area contributed by atoms with Gasteiger partial charge in [-0.05, 0) is 78.1 Å². The van der Waals surface area contributed by atoms with Crippen LogP contribution in [0.3, 0.4) is 0 Å². The van der Waals surface area contributed by atoms with Gasteiger partial charge in [0.15, 0.2) is 5.67 Å². The van der Waals surface area contributed by atoms with Crippen molar-refractivity contribution >= 4 is 36.1 Å². The van der Waals surface area contributed by atoms with Crippen molar-refractivity contribution in [1.29, 1.82) is 0 Å². The van der Waals surface area contributed by atoms with Gasteiger partial charge in [-0.1, -0.05) is 0 Å². The summed E-state index contributed by atoms with van der Waals surface area (Å²) in [5.74, 6) is 0. The number of rotatable bonds is 4. The van der Waals surface area contributed by atoms with Crippen LogP contribution in [0.25, 0.3) is 0 Å². The molecule has 1 amide bonds. The van der Waals surface area contributed by atoms with Gasteiger partial charge in [-0.25, -0.2) is 9.37 Å². The van der Waals surface area contributed by atoms with E-state index in [4.69, 9.17) is 0 Å². The third-order valence-electron chi connectivity index (χ3n) is 4.80. The maximum atomic E-state index is 14.2. The van der Waals surface area contributed by atoms with E-state index in [0.717, 1.165) is 46.0 Å². The fourth-order valence-electron chi connectivity index (χ4n) is 3.27. The van der Waals surface area contributed by atoms with Crippen molar-refractivity contribution in [1.82, 2.24) is 9.97 Å². The highest BCUT2D eigenvalue weighted by Gasteiger charge is 2.48. The van der Waals surface area contributed by atoms with Crippen LogP contribution >= 0.6 is 24.0 Å². The molecule has 174 valence electrons. The molecule has 4 rings (SSSR count). The van der Waals surface area contributed by atoms with Crippen LogP contribution in [-0.4, -0.2) is 35.6 Å². The van der Waals surface area contributed by atoms with Crippen LogP contribution in [0.2, 0.25) is 0 Å². The summed E-state index contributed by atoms with van der Waals surface area (Å²) in [6.45, 7) is 5.27. The number of halogens is 1. The zero-order valence-corrected chi connectivity index (χ0v) is 20.5. The van der Waals surface area contributed by atoms with E-state index in [2.05, 4.69) is 39.4 Å². The molecule has 2 aliphatic carbocycles. The Balaban J connectivity index is 0.000000295. The number of aryl methyl sites for hydroxylation is 1. The first-order chi connectivity index (χ1) is 14.7. The highest BCUT2D eigenvalue weighted by atomic mass is 32.2. The number of nitrogens with zero attached hydrogens (tertiary/aromatic N) is 2. The van der Waals surface area contributed by atoms with Gasteiger partial charge in [-0.2, -0.15) is 0 Å². The lowest BCUT2D eigenvalue weighted by atomic mass is 10.0. The Morgan fingerprint density at radius 2 is 1.90 bits per heavy atom. The Morgan fingerprint density at radius 1 is 1.29 bits per heavy atom. The van der Waals surface area contributed by atoms with Crippen molar-refractivity contribution in [3.63, 3.8) is 0 Å². The monoisotopic (exact) mass is 471 g/mol. The van der Waals surface area contributed by atoms with Crippen molar-refractivity contribution in [3.8, 4) is 0 Å². The second kappa shape index (κ2) is 11.9. The molecule has 1 fully saturated rings. The fourth-order valence-corrected chi connectivity index (χ4v) is 4.25. The number of carbonyl (C=O) groups is 1. The Bertz CT molecular complexity index is 864. The van der Waals surface area contributed by atoms with Crippen LogP contribution in [0.4, 0.5) is 10.1 Å². The van der Waals surface area contributed by atoms with Crippen LogP contribution in [0.15, 0.2) is 10.4 Å². The van der Waals surface area contributed by atoms with Crippen LogP contribution < -0.4 is 16.8 Å². The lowest BCUT2D eigenvalue weighted by molar-refractivity contribution is -0.105. The van der Waals surface area contributed by atoms with E-state index < -0.39 is 11.3 Å². The van der Waals surface area contributed by atoms with Crippen LogP contribution in [0, 0.1) is 6.92 Å². The average Bonchev–Trinajstić information content (AvgIpc) is 3.11. The highest BCUT2D eigenvalue weighted by molar-refractivity contribution is 7.82. The van der Waals surface area contributed by atoms with E-state index in [9.17, 15) is 14.3 Å². The predicted octanol–water partition coefficient (Wildman–Crippen LogP) is 3.21. The minimum absolute atomic E-state index is 0.544. The number of hydrogen-bond donors (Lipinski definition) is 5. The minimum atomic E-state index is -1.24. The van der Waals surface area contributed by atoms with E-state index in [-0.39, 0.29) is 0 Å². The summed E-state index contributed by atoms with van der Waals surface area (Å²) in [5.41, 5.74) is 11.1. The number of thiazole rings is 1. The molecule has 0 bridgehead atoms. The first-order valence-electron chi connectivity index (χ1n) is 10.1. The van der Waals surface area contributed by atoms with E-state index in [1.54, 1.807) is 20.0 Å². The molecule has 0 unspecified atom stereocenters. The number of amides is 1. The Labute approximate surface area is 193 Å². The number of aromatic nitrogens is 2. The maximum absolute atomic E-state index is 14.2. The molecule has 0 atom stereocenters. The number of thiol groups is 1. The van der Waals surface area contributed by atoms with E-state index in [0.29, 0.717) is 30.0 Å². The summed E-state index contributed by atoms with van der Waals surface area (Å²) >= 11 is 5.48. The second-order valence-electron chi connectivity index (χ2n) is 7.53. The number of carbonyl (C=O) groups excluding carboxylic acids is 1. The molecule has 2 heterocycles. The van der Waals surface area contributed by atoms with Crippen LogP contribution in [0.5, 0.6) is 0 Å². The molecule has 0 radical (unpaired) electrons. The summed E-state index contributed by atoms with van der Waals surface area (Å²) in [6, 6.07) is 0. The third-order valence-corrected chi connectivity index (χ3v) is 6.30. The zero-order chi connectivity index (χ0) is 23.8. The molecule has 1 saturated carbocycles. The van der Waals surface area contributed by atoms with Crippen LogP contribution in [0.1, 0.15) is 60.6 Å². The van der Waals surface area contributed by atoms with Gasteiger partial charge >= 0.3 is 0 Å². The lowest BCUT2D eigenvalue weighted by Crippen LogP contribution is -2.14. The lowest BCUT2D eigenvalue weighted by Gasteiger charge is -2.16. The molecular weight excluding hydrogens is 437 g/mol. The highest BCUT2D eigenvalue weighted by Crippen LogP contribution is 2.51. The second-order valence-corrected chi connectivity index (χ2v) is 9.34. The summed E-state index contributed by atoms with van der Waals surface area (Å²) in [6.07, 6.45) is 6.28. The number of fused-ring (bicyclic) bond motifs is 1. The van der Waals surface area contributed by atoms with Crippen molar-refractivity contribution in [2.75, 3.05) is 19.4 Å². The number of nitrogens with one attached hydrogen (secondary N) is 1. The molecule has 0 aromatic carbocycles. The number of nitrogens with two attached hydrogens (primary N) is 2. The summed E-state index contributed by atoms with van der Waals surface area (Å²) in [5, 5.41) is 12.9. The smallest absolute Gasteiger partial charge is 0.211 e. The molecule has 2 aromatic heterocycles. The average molecular weight is 472 g/mol. The Hall–Kier alpha value is -1.59.